The predicted molar refractivity (Wildman–Crippen MR) is 435 cm³/mol. The Bertz CT molecular complexity index is 5600. The summed E-state index contributed by atoms with van der Waals surface area (Å²) >= 11 is 0. The monoisotopic (exact) mass is 1400 g/mol. The summed E-state index contributed by atoms with van der Waals surface area (Å²) in [6.45, 7) is 36.9. The third-order valence-electron chi connectivity index (χ3n) is 19.9. The van der Waals surface area contributed by atoms with E-state index in [1.165, 1.54) is 112 Å². The molecule has 0 aliphatic heterocycles. The molecule has 8 aromatic heterocycles. The number of aryl methyl sites for hydroxylation is 13. The van der Waals surface area contributed by atoms with Crippen molar-refractivity contribution in [3.05, 3.63) is 260 Å². The van der Waals surface area contributed by atoms with Gasteiger partial charge in [0, 0.05) is 63.2 Å². The molecule has 0 radical (unpaired) electrons. The summed E-state index contributed by atoms with van der Waals surface area (Å²) in [5, 5.41) is 0. The number of benzene rings is 7. The molecule has 12 nitrogen and oxygen atoms in total. The minimum absolute atomic E-state index is 0. The molecule has 0 unspecified atom stereocenters. The number of pyridine rings is 4. The van der Waals surface area contributed by atoms with Gasteiger partial charge >= 0.3 is 17.1 Å². The van der Waals surface area contributed by atoms with Crippen LogP contribution in [0.1, 0.15) is 153 Å². The minimum atomic E-state index is 0. The maximum Gasteiger partial charge on any atom is 0.401 e. The average molecular weight is 1400 g/mol. The fourth-order valence-corrected chi connectivity index (χ4v) is 13.8. The molecule has 0 amide bonds. The van der Waals surface area contributed by atoms with Gasteiger partial charge in [0.25, 0.3) is 0 Å². The Morgan fingerprint density at radius 1 is 0.333 bits per heavy atom. The molecule has 15 aromatic rings. The van der Waals surface area contributed by atoms with Crippen molar-refractivity contribution in [2.75, 3.05) is 0 Å². The van der Waals surface area contributed by atoms with Gasteiger partial charge in [0.2, 0.25) is 52.2 Å². The van der Waals surface area contributed by atoms with Gasteiger partial charge in [-0.1, -0.05) is 158 Å². The molecule has 105 heavy (non-hydrogen) atoms. The van der Waals surface area contributed by atoms with E-state index in [9.17, 15) is 0 Å². The highest BCUT2D eigenvalue weighted by Crippen LogP contribution is 2.38. The fraction of sp³-hybridized carbons (Fsp3) is 0.290. The number of aromatic nitrogens is 8. The Morgan fingerprint density at radius 2 is 0.686 bits per heavy atom. The first kappa shape index (κ1) is 79.7. The Balaban J connectivity index is 0.000000177. The van der Waals surface area contributed by atoms with Crippen molar-refractivity contribution in [2.24, 2.45) is 28.2 Å². The second kappa shape index (κ2) is 32.8. The van der Waals surface area contributed by atoms with Crippen molar-refractivity contribution in [1.29, 1.82) is 0 Å². The van der Waals surface area contributed by atoms with Gasteiger partial charge in [-0.25, -0.2) is 19.9 Å². The van der Waals surface area contributed by atoms with Gasteiger partial charge in [0.15, 0.2) is 22.9 Å². The zero-order valence-corrected chi connectivity index (χ0v) is 62.6. The Hall–Kier alpha value is -11.0. The lowest BCUT2D eigenvalue weighted by atomic mass is 9.88. The SMILES string of the molecule is C.C.C.C.Cc1cc(C)c(C)c(-c2cc3ncoc3c[n+]2C)c1.Cc1cc(C)c(C)c(-c2ccc3nc(-c4c(C(C)C)cccc4C(C)C)oc3[n+]2C)c1.Cc1cc(C)c(C)c(-c2ccc3nc(-c4ccccc4)oc3[n+]2C)c1.Cc1ccc(-c2nc3ccc(-c4cc(C)cc(C)c4C)[n+](C)c3o2)cc1. The van der Waals surface area contributed by atoms with E-state index in [0.29, 0.717) is 29.5 Å². The number of nitrogens with zero attached hydrogens (tertiary/aromatic N) is 8. The van der Waals surface area contributed by atoms with E-state index >= 15 is 0 Å². The van der Waals surface area contributed by atoms with Crippen LogP contribution in [0.25, 0.3) is 124 Å². The number of fused-ring (bicyclic) bond motifs is 4. The second-order valence-corrected chi connectivity index (χ2v) is 28.2. The van der Waals surface area contributed by atoms with Crippen molar-refractivity contribution in [3.8, 4) is 79.4 Å². The number of oxazole rings is 4. The van der Waals surface area contributed by atoms with Crippen LogP contribution in [-0.4, -0.2) is 19.9 Å². The second-order valence-electron chi connectivity index (χ2n) is 28.2. The quantitative estimate of drug-likeness (QED) is 0.131. The van der Waals surface area contributed by atoms with Crippen LogP contribution >= 0.6 is 0 Å². The van der Waals surface area contributed by atoms with Crippen LogP contribution < -0.4 is 18.3 Å². The summed E-state index contributed by atoms with van der Waals surface area (Å²) in [5.41, 5.74) is 38.7. The predicted octanol–water partition coefficient (Wildman–Crippen LogP) is 23.1. The van der Waals surface area contributed by atoms with E-state index in [4.69, 9.17) is 22.7 Å². The molecule has 7 aromatic carbocycles. The van der Waals surface area contributed by atoms with Crippen molar-refractivity contribution in [2.45, 2.75) is 159 Å². The van der Waals surface area contributed by atoms with E-state index < -0.39 is 0 Å². The van der Waals surface area contributed by atoms with Crippen LogP contribution in [0.3, 0.4) is 0 Å². The van der Waals surface area contributed by atoms with Gasteiger partial charge in [-0.3, -0.25) is 0 Å². The molecule has 0 saturated carbocycles. The minimum Gasteiger partial charge on any atom is -0.437 e. The fourth-order valence-electron chi connectivity index (χ4n) is 13.8. The van der Waals surface area contributed by atoms with Gasteiger partial charge in [0.1, 0.15) is 33.7 Å². The summed E-state index contributed by atoms with van der Waals surface area (Å²) in [6, 6.07) is 57.3. The first-order chi connectivity index (χ1) is 48.2. The maximum atomic E-state index is 6.48. The summed E-state index contributed by atoms with van der Waals surface area (Å²) in [7, 11) is 8.18. The molecule has 0 aliphatic rings. The number of hydrogen-bond donors (Lipinski definition) is 0. The molecule has 0 spiro atoms. The van der Waals surface area contributed by atoms with Crippen molar-refractivity contribution in [1.82, 2.24) is 19.9 Å². The third-order valence-corrected chi connectivity index (χ3v) is 19.9. The molecule has 542 valence electrons. The molecule has 0 N–H and O–H groups in total. The van der Waals surface area contributed by atoms with Gasteiger partial charge in [-0.2, -0.15) is 18.3 Å². The highest BCUT2D eigenvalue weighted by atomic mass is 16.4. The van der Waals surface area contributed by atoms with Gasteiger partial charge in [-0.05, 0) is 224 Å². The van der Waals surface area contributed by atoms with Crippen LogP contribution in [-0.2, 0) is 28.2 Å². The molecule has 0 aliphatic carbocycles. The largest absolute Gasteiger partial charge is 0.437 e. The molecular weight excluding hydrogens is 1290 g/mol. The summed E-state index contributed by atoms with van der Waals surface area (Å²) in [4.78, 5) is 18.5. The molecule has 0 bridgehead atoms. The molecule has 8 heterocycles. The maximum absolute atomic E-state index is 6.48. The molecule has 0 saturated heterocycles. The molecular formula is C93H110N8O4+4. The average Bonchev–Trinajstić information content (AvgIpc) is 1.66. The molecule has 12 heteroatoms. The first-order valence-electron chi connectivity index (χ1n) is 34.9. The summed E-state index contributed by atoms with van der Waals surface area (Å²) in [6.07, 6.45) is 3.47. The zero-order chi connectivity index (χ0) is 72.0. The Kier molecular flexibility index (Phi) is 24.9. The van der Waals surface area contributed by atoms with Crippen molar-refractivity contribution >= 4 is 44.8 Å². The van der Waals surface area contributed by atoms with E-state index in [0.717, 1.165) is 84.3 Å². The Labute approximate surface area is 623 Å². The zero-order valence-electron chi connectivity index (χ0n) is 62.6. The lowest BCUT2D eigenvalue weighted by Gasteiger charge is -2.16. The Morgan fingerprint density at radius 3 is 1.07 bits per heavy atom. The normalized spacial score (nSPS) is 11.0. The van der Waals surface area contributed by atoms with Gasteiger partial charge in [-0.15, -0.1) is 0 Å². The van der Waals surface area contributed by atoms with Gasteiger partial charge in [0.05, 0.1) is 0 Å². The van der Waals surface area contributed by atoms with E-state index in [1.807, 2.05) is 69.8 Å². The summed E-state index contributed by atoms with van der Waals surface area (Å²) < 4.78 is 32.5. The molecule has 15 rings (SSSR count). The highest BCUT2D eigenvalue weighted by molar-refractivity contribution is 5.80. The van der Waals surface area contributed by atoms with Crippen molar-refractivity contribution in [3.63, 3.8) is 0 Å². The number of hydrogen-bond acceptors (Lipinski definition) is 8. The first-order valence-corrected chi connectivity index (χ1v) is 34.9. The molecule has 0 fully saturated rings. The van der Waals surface area contributed by atoms with Gasteiger partial charge < -0.3 is 17.7 Å². The smallest absolute Gasteiger partial charge is 0.401 e. The van der Waals surface area contributed by atoms with E-state index in [2.05, 4.69) is 279 Å². The number of rotatable bonds is 9. The van der Waals surface area contributed by atoms with Crippen LogP contribution in [0.5, 0.6) is 0 Å². The van der Waals surface area contributed by atoms with Crippen LogP contribution in [0.15, 0.2) is 194 Å². The topological polar surface area (TPSA) is 120 Å². The third kappa shape index (κ3) is 16.2. The highest BCUT2D eigenvalue weighted by Gasteiger charge is 2.28. The van der Waals surface area contributed by atoms with Crippen LogP contribution in [0.4, 0.5) is 0 Å². The van der Waals surface area contributed by atoms with E-state index in [-0.39, 0.29) is 29.7 Å². The standard InChI is InChI=1S/C28H33N2O.C23H23N2O.C22H21N2O.C16H17N2O.4CH4/c1-16(2)21-10-9-11-22(17(3)4)26(21)27-29-24-12-13-25(30(8)28(24)31-27)23-15-18(5)14-19(6)20(23)7;1-14-6-8-18(9-7-14)22-24-20-10-11-21(25(5)23(20)26-22)19-13-15(2)12-16(3)17(19)4;1-14-12-15(2)16(3)18(13-14)20-11-10-19-22(24(20)4)25-21(23-19)17-8-6-5-7-9-17;1-10-5-11(2)12(3)13(6-10)15-7-14-16(8-18(15)4)19-9-17-14;;;;/h9-17H,1-8H3;6-13H,1-5H3;5-13H,1-4H3;5-9H,1-4H3;4*1H4/q4*+1;;;;. The van der Waals surface area contributed by atoms with Crippen molar-refractivity contribution < 1.29 is 35.9 Å². The van der Waals surface area contributed by atoms with Crippen LogP contribution in [0.2, 0.25) is 0 Å². The van der Waals surface area contributed by atoms with Crippen LogP contribution in [0, 0.1) is 90.0 Å². The lowest BCUT2D eigenvalue weighted by molar-refractivity contribution is -0.659. The van der Waals surface area contributed by atoms with E-state index in [1.54, 1.807) is 0 Å². The lowest BCUT2D eigenvalue weighted by Crippen LogP contribution is -2.31. The summed E-state index contributed by atoms with van der Waals surface area (Å²) in [5.74, 6) is 2.81. The molecule has 0 atom stereocenters.